The fourth-order valence-corrected chi connectivity index (χ4v) is 4.41. The third-order valence-corrected chi connectivity index (χ3v) is 5.82. The molecule has 0 aromatic heterocycles. The molecule has 0 saturated carbocycles. The summed E-state index contributed by atoms with van der Waals surface area (Å²) >= 11 is 0. The first-order valence-electron chi connectivity index (χ1n) is 8.50. The van der Waals surface area contributed by atoms with E-state index in [1.54, 1.807) is 4.90 Å². The molecule has 3 aliphatic rings. The molecule has 1 atom stereocenters. The molecule has 2 saturated heterocycles. The van der Waals surface area contributed by atoms with Crippen molar-refractivity contribution in [3.05, 3.63) is 35.4 Å². The monoisotopic (exact) mass is 330 g/mol. The van der Waals surface area contributed by atoms with Crippen LogP contribution in [-0.4, -0.2) is 53.2 Å². The molecule has 3 heterocycles. The fourth-order valence-electron chi connectivity index (χ4n) is 4.41. The molecule has 3 aliphatic heterocycles. The van der Waals surface area contributed by atoms with Gasteiger partial charge in [-0.1, -0.05) is 24.3 Å². The molecular formula is C18H22N2O4. The van der Waals surface area contributed by atoms with E-state index in [0.29, 0.717) is 52.2 Å². The van der Waals surface area contributed by atoms with Crippen LogP contribution in [0.1, 0.15) is 24.0 Å². The van der Waals surface area contributed by atoms with E-state index in [0.717, 1.165) is 0 Å². The molecule has 128 valence electrons. The molecule has 6 heteroatoms. The SMILES string of the molecule is O=C(O)C1CN(C(=O)N2Cc3ccccc3C2)CC12CCOCC2. The van der Waals surface area contributed by atoms with Crippen molar-refractivity contribution in [2.24, 2.45) is 11.3 Å². The van der Waals surface area contributed by atoms with Crippen LogP contribution in [-0.2, 0) is 22.6 Å². The van der Waals surface area contributed by atoms with Crippen LogP contribution >= 0.6 is 0 Å². The first-order chi connectivity index (χ1) is 11.6. The predicted molar refractivity (Wildman–Crippen MR) is 86.3 cm³/mol. The Bertz CT molecular complexity index is 644. The lowest BCUT2D eigenvalue weighted by Crippen LogP contribution is -2.42. The van der Waals surface area contributed by atoms with E-state index in [1.807, 2.05) is 29.2 Å². The van der Waals surface area contributed by atoms with Gasteiger partial charge in [0.15, 0.2) is 0 Å². The van der Waals surface area contributed by atoms with Gasteiger partial charge in [0.2, 0.25) is 0 Å². The summed E-state index contributed by atoms with van der Waals surface area (Å²) in [7, 11) is 0. The third-order valence-electron chi connectivity index (χ3n) is 5.82. The summed E-state index contributed by atoms with van der Waals surface area (Å²) in [4.78, 5) is 28.3. The second-order valence-electron chi connectivity index (χ2n) is 7.15. The first kappa shape index (κ1) is 15.4. The topological polar surface area (TPSA) is 70.1 Å². The molecule has 0 aliphatic carbocycles. The molecule has 0 bridgehead atoms. The Balaban J connectivity index is 1.51. The number of likely N-dealkylation sites (tertiary alicyclic amines) is 1. The number of carboxylic acid groups (broad SMARTS) is 1. The summed E-state index contributed by atoms with van der Waals surface area (Å²) in [6.07, 6.45) is 1.43. The minimum atomic E-state index is -0.795. The Morgan fingerprint density at radius 2 is 1.71 bits per heavy atom. The quantitative estimate of drug-likeness (QED) is 0.854. The minimum absolute atomic E-state index is 0.0409. The standard InChI is InChI=1S/C18H22N2O4/c21-16(22)15-11-20(12-18(15)5-7-24-8-6-18)17(23)19-9-13-3-1-2-4-14(13)10-19/h1-4,15H,5-12H2,(H,21,22). The van der Waals surface area contributed by atoms with Crippen LogP contribution in [0.2, 0.25) is 0 Å². The number of benzene rings is 1. The molecule has 0 radical (unpaired) electrons. The van der Waals surface area contributed by atoms with Gasteiger partial charge in [-0.2, -0.15) is 0 Å². The van der Waals surface area contributed by atoms with Crippen LogP contribution in [0.5, 0.6) is 0 Å². The van der Waals surface area contributed by atoms with Crippen LogP contribution < -0.4 is 0 Å². The maximum atomic E-state index is 12.9. The van der Waals surface area contributed by atoms with Gasteiger partial charge in [-0.3, -0.25) is 4.79 Å². The van der Waals surface area contributed by atoms with Gasteiger partial charge in [-0.25, -0.2) is 4.79 Å². The highest BCUT2D eigenvalue weighted by molar-refractivity contribution is 5.79. The number of aliphatic carboxylic acids is 1. The van der Waals surface area contributed by atoms with Gasteiger partial charge in [0.05, 0.1) is 5.92 Å². The maximum absolute atomic E-state index is 12.9. The van der Waals surface area contributed by atoms with E-state index in [-0.39, 0.29) is 11.4 Å². The second kappa shape index (κ2) is 5.77. The number of carboxylic acids is 1. The second-order valence-corrected chi connectivity index (χ2v) is 7.15. The zero-order valence-electron chi connectivity index (χ0n) is 13.6. The summed E-state index contributed by atoms with van der Waals surface area (Å²) in [5.41, 5.74) is 2.04. The van der Waals surface area contributed by atoms with Crippen LogP contribution in [0, 0.1) is 11.3 Å². The van der Waals surface area contributed by atoms with Crippen molar-refractivity contribution in [3.8, 4) is 0 Å². The molecule has 6 nitrogen and oxygen atoms in total. The molecule has 1 spiro atoms. The van der Waals surface area contributed by atoms with Crippen LogP contribution in [0.3, 0.4) is 0 Å². The van der Waals surface area contributed by atoms with Gasteiger partial charge >= 0.3 is 12.0 Å². The van der Waals surface area contributed by atoms with Crippen molar-refractivity contribution in [1.82, 2.24) is 9.80 Å². The Kier molecular flexibility index (Phi) is 3.72. The van der Waals surface area contributed by atoms with Gasteiger partial charge < -0.3 is 19.6 Å². The van der Waals surface area contributed by atoms with Gasteiger partial charge in [0.1, 0.15) is 0 Å². The molecule has 1 aromatic carbocycles. The molecule has 2 fully saturated rings. The molecule has 1 unspecified atom stereocenters. The summed E-state index contributed by atoms with van der Waals surface area (Å²) in [5.74, 6) is -1.28. The third kappa shape index (κ3) is 2.45. The van der Waals surface area contributed by atoms with Crippen molar-refractivity contribution >= 4 is 12.0 Å². The lowest BCUT2D eigenvalue weighted by atomic mass is 9.72. The number of hydrogen-bond donors (Lipinski definition) is 1. The van der Waals surface area contributed by atoms with E-state index < -0.39 is 11.9 Å². The van der Waals surface area contributed by atoms with Gasteiger partial charge in [-0.15, -0.1) is 0 Å². The highest BCUT2D eigenvalue weighted by Crippen LogP contribution is 2.45. The Morgan fingerprint density at radius 3 is 2.29 bits per heavy atom. The van der Waals surface area contributed by atoms with E-state index in [4.69, 9.17) is 4.74 Å². The van der Waals surface area contributed by atoms with Crippen molar-refractivity contribution < 1.29 is 19.4 Å². The van der Waals surface area contributed by atoms with Gasteiger partial charge in [0, 0.05) is 44.8 Å². The molecule has 2 amide bonds. The zero-order valence-corrected chi connectivity index (χ0v) is 13.6. The van der Waals surface area contributed by atoms with Crippen molar-refractivity contribution in [1.29, 1.82) is 0 Å². The predicted octanol–water partition coefficient (Wildman–Crippen LogP) is 1.94. The van der Waals surface area contributed by atoms with Gasteiger partial charge in [0.25, 0.3) is 0 Å². The Morgan fingerprint density at radius 1 is 1.08 bits per heavy atom. The number of amides is 2. The summed E-state index contributed by atoms with van der Waals surface area (Å²) in [5, 5.41) is 9.65. The number of carbonyl (C=O) groups excluding carboxylic acids is 1. The van der Waals surface area contributed by atoms with Crippen LogP contribution in [0.25, 0.3) is 0 Å². The number of hydrogen-bond acceptors (Lipinski definition) is 3. The molecule has 24 heavy (non-hydrogen) atoms. The summed E-state index contributed by atoms with van der Waals surface area (Å²) < 4.78 is 5.42. The van der Waals surface area contributed by atoms with E-state index in [9.17, 15) is 14.7 Å². The number of rotatable bonds is 1. The minimum Gasteiger partial charge on any atom is -0.481 e. The van der Waals surface area contributed by atoms with Crippen molar-refractivity contribution in [3.63, 3.8) is 0 Å². The highest BCUT2D eigenvalue weighted by atomic mass is 16.5. The lowest BCUT2D eigenvalue weighted by Gasteiger charge is -2.36. The zero-order chi connectivity index (χ0) is 16.7. The molecule has 1 N–H and O–H groups in total. The van der Waals surface area contributed by atoms with E-state index in [2.05, 4.69) is 0 Å². The summed E-state index contributed by atoms with van der Waals surface area (Å²) in [6, 6.07) is 8.03. The average Bonchev–Trinajstić information content (AvgIpc) is 3.17. The average molecular weight is 330 g/mol. The first-order valence-corrected chi connectivity index (χ1v) is 8.50. The normalized spacial score (nSPS) is 25.1. The van der Waals surface area contributed by atoms with E-state index >= 15 is 0 Å². The van der Waals surface area contributed by atoms with Crippen molar-refractivity contribution in [2.75, 3.05) is 26.3 Å². The number of fused-ring (bicyclic) bond motifs is 1. The number of carbonyl (C=O) groups is 2. The Labute approximate surface area is 141 Å². The number of nitrogens with zero attached hydrogens (tertiary/aromatic N) is 2. The number of ether oxygens (including phenoxy) is 1. The molecule has 4 rings (SSSR count). The van der Waals surface area contributed by atoms with Crippen LogP contribution in [0.15, 0.2) is 24.3 Å². The highest BCUT2D eigenvalue weighted by Gasteiger charge is 2.52. The fraction of sp³-hybridized carbons (Fsp3) is 0.556. The molecule has 1 aromatic rings. The number of urea groups is 1. The summed E-state index contributed by atoms with van der Waals surface area (Å²) in [6.45, 7) is 3.22. The smallest absolute Gasteiger partial charge is 0.320 e. The van der Waals surface area contributed by atoms with Crippen LogP contribution in [0.4, 0.5) is 4.79 Å². The lowest BCUT2D eigenvalue weighted by molar-refractivity contribution is -0.146. The maximum Gasteiger partial charge on any atom is 0.320 e. The van der Waals surface area contributed by atoms with E-state index in [1.165, 1.54) is 11.1 Å². The van der Waals surface area contributed by atoms with Crippen molar-refractivity contribution in [2.45, 2.75) is 25.9 Å². The molecular weight excluding hydrogens is 308 g/mol. The van der Waals surface area contributed by atoms with Gasteiger partial charge in [-0.05, 0) is 24.0 Å². The largest absolute Gasteiger partial charge is 0.481 e. The Hall–Kier alpha value is -2.08.